The molecule has 2 aromatic carbocycles. The van der Waals surface area contributed by atoms with Crippen LogP contribution in [0.1, 0.15) is 11.1 Å². The van der Waals surface area contributed by atoms with Gasteiger partial charge in [0.1, 0.15) is 0 Å². The molecule has 5 nitrogen and oxygen atoms in total. The van der Waals surface area contributed by atoms with Crippen molar-refractivity contribution < 1.29 is 0 Å². The first-order valence-corrected chi connectivity index (χ1v) is 6.48. The van der Waals surface area contributed by atoms with Gasteiger partial charge in [-0.25, -0.2) is 0 Å². The third-order valence-electron chi connectivity index (χ3n) is 2.96. The van der Waals surface area contributed by atoms with E-state index in [0.29, 0.717) is 11.4 Å². The van der Waals surface area contributed by atoms with Gasteiger partial charge in [0.05, 0.1) is 17.3 Å². The van der Waals surface area contributed by atoms with Crippen LogP contribution in [0, 0.1) is 11.3 Å². The predicted molar refractivity (Wildman–Crippen MR) is 82.8 cm³/mol. The zero-order valence-electron chi connectivity index (χ0n) is 11.2. The fourth-order valence-electron chi connectivity index (χ4n) is 1.92. The summed E-state index contributed by atoms with van der Waals surface area (Å²) in [5.41, 5.74) is 8.49. The summed E-state index contributed by atoms with van der Waals surface area (Å²) in [5, 5.41) is 14.8. The summed E-state index contributed by atoms with van der Waals surface area (Å²) in [6, 6.07) is 19.4. The van der Waals surface area contributed by atoms with E-state index in [2.05, 4.69) is 22.1 Å². The van der Waals surface area contributed by atoms with E-state index in [4.69, 9.17) is 5.26 Å². The van der Waals surface area contributed by atoms with Crippen molar-refractivity contribution in [1.82, 2.24) is 11.0 Å². The summed E-state index contributed by atoms with van der Waals surface area (Å²) >= 11 is 0. The van der Waals surface area contributed by atoms with Crippen molar-refractivity contribution in [2.75, 3.05) is 5.12 Å². The molecule has 0 radical (unpaired) electrons. The van der Waals surface area contributed by atoms with Crippen LogP contribution in [0.3, 0.4) is 0 Å². The van der Waals surface area contributed by atoms with Crippen LogP contribution in [0.5, 0.6) is 0 Å². The van der Waals surface area contributed by atoms with E-state index in [9.17, 15) is 0 Å². The Balaban J connectivity index is 1.67. The monoisotopic (exact) mass is 275 g/mol. The van der Waals surface area contributed by atoms with Crippen LogP contribution in [0.15, 0.2) is 65.8 Å². The molecule has 102 valence electrons. The van der Waals surface area contributed by atoms with Gasteiger partial charge in [-0.1, -0.05) is 42.5 Å². The quantitative estimate of drug-likeness (QED) is 0.903. The molecule has 1 heterocycles. The number of rotatable bonds is 3. The number of amidine groups is 1. The molecule has 3 rings (SSSR count). The van der Waals surface area contributed by atoms with Crippen molar-refractivity contribution in [2.24, 2.45) is 5.10 Å². The van der Waals surface area contributed by atoms with Crippen molar-refractivity contribution in [3.8, 4) is 6.07 Å². The molecule has 5 heteroatoms. The molecule has 0 fully saturated rings. The summed E-state index contributed by atoms with van der Waals surface area (Å²) in [6.45, 7) is 0. The van der Waals surface area contributed by atoms with E-state index in [-0.39, 0.29) is 0 Å². The highest BCUT2D eigenvalue weighted by Crippen LogP contribution is 2.14. The highest BCUT2D eigenvalue weighted by Gasteiger charge is 2.13. The second-order valence-corrected chi connectivity index (χ2v) is 4.45. The number of benzene rings is 2. The van der Waals surface area contributed by atoms with Crippen molar-refractivity contribution >= 4 is 17.6 Å². The topological polar surface area (TPSA) is 63.5 Å². The van der Waals surface area contributed by atoms with Crippen molar-refractivity contribution in [3.05, 3.63) is 71.8 Å². The number of hydrogen-bond acceptors (Lipinski definition) is 5. The fourth-order valence-corrected chi connectivity index (χ4v) is 1.92. The van der Waals surface area contributed by atoms with Gasteiger partial charge >= 0.3 is 0 Å². The SMILES string of the molecule is N#Cc1cccc(N2NN=C(C=Cc3ccccc3)N2)c1. The number of nitrogens with one attached hydrogen (secondary N) is 2. The zero-order chi connectivity index (χ0) is 14.5. The van der Waals surface area contributed by atoms with Gasteiger partial charge in [0.15, 0.2) is 5.84 Å². The Morgan fingerprint density at radius 2 is 1.90 bits per heavy atom. The molecule has 0 amide bonds. The van der Waals surface area contributed by atoms with Crippen LogP contribution in [0.4, 0.5) is 5.69 Å². The standard InChI is InChI=1S/C16H13N5/c17-12-14-7-4-8-15(11-14)21-19-16(18-20-21)10-9-13-5-2-1-3-6-13/h1-11,20H,(H,18,19). The second-order valence-electron chi connectivity index (χ2n) is 4.45. The van der Waals surface area contributed by atoms with Gasteiger partial charge in [-0.3, -0.25) is 5.43 Å². The molecule has 1 aliphatic rings. The molecule has 21 heavy (non-hydrogen) atoms. The van der Waals surface area contributed by atoms with Crippen molar-refractivity contribution in [2.45, 2.75) is 0 Å². The lowest BCUT2D eigenvalue weighted by molar-refractivity contribution is 0.684. The first-order valence-electron chi connectivity index (χ1n) is 6.48. The molecule has 2 N–H and O–H groups in total. The number of hydrazone groups is 1. The number of nitrogens with zero attached hydrogens (tertiary/aromatic N) is 3. The summed E-state index contributed by atoms with van der Waals surface area (Å²) in [5.74, 6) is 0.696. The fraction of sp³-hybridized carbons (Fsp3) is 0. The van der Waals surface area contributed by atoms with Crippen molar-refractivity contribution in [1.29, 1.82) is 5.26 Å². The molecule has 0 saturated carbocycles. The van der Waals surface area contributed by atoms with Gasteiger partial charge in [-0.2, -0.15) is 15.9 Å². The lowest BCUT2D eigenvalue weighted by Gasteiger charge is -2.17. The Morgan fingerprint density at radius 1 is 1.05 bits per heavy atom. The third kappa shape index (κ3) is 3.01. The maximum atomic E-state index is 8.92. The first-order chi connectivity index (χ1) is 10.3. The molecule has 2 aromatic rings. The van der Waals surface area contributed by atoms with E-state index in [1.165, 1.54) is 0 Å². The molecule has 0 saturated heterocycles. The Kier molecular flexibility index (Phi) is 3.52. The number of anilines is 1. The molecule has 0 aromatic heterocycles. The predicted octanol–water partition coefficient (Wildman–Crippen LogP) is 2.41. The lowest BCUT2D eigenvalue weighted by Crippen LogP contribution is -2.41. The third-order valence-corrected chi connectivity index (χ3v) is 2.96. The second kappa shape index (κ2) is 5.80. The van der Waals surface area contributed by atoms with E-state index < -0.39 is 0 Å². The van der Waals surface area contributed by atoms with Gasteiger partial charge in [-0.05, 0) is 29.8 Å². The summed E-state index contributed by atoms with van der Waals surface area (Å²) in [4.78, 5) is 0. The van der Waals surface area contributed by atoms with E-state index in [0.717, 1.165) is 11.3 Å². The van der Waals surface area contributed by atoms with Gasteiger partial charge in [-0.15, -0.1) is 5.10 Å². The highest BCUT2D eigenvalue weighted by atomic mass is 15.9. The minimum absolute atomic E-state index is 0.601. The molecule has 0 spiro atoms. The number of nitriles is 1. The summed E-state index contributed by atoms with van der Waals surface area (Å²) < 4.78 is 0. The molecule has 0 bridgehead atoms. The van der Waals surface area contributed by atoms with Crippen LogP contribution >= 0.6 is 0 Å². The van der Waals surface area contributed by atoms with E-state index in [1.807, 2.05) is 54.6 Å². The molecule has 1 aliphatic heterocycles. The lowest BCUT2D eigenvalue weighted by atomic mass is 10.2. The van der Waals surface area contributed by atoms with Crippen molar-refractivity contribution in [3.63, 3.8) is 0 Å². The molecular weight excluding hydrogens is 262 g/mol. The van der Waals surface area contributed by atoms with Gasteiger partial charge in [0.25, 0.3) is 0 Å². The van der Waals surface area contributed by atoms with Gasteiger partial charge < -0.3 is 0 Å². The largest absolute Gasteiger partial charge is 0.260 e. The van der Waals surface area contributed by atoms with Crippen LogP contribution in [0.2, 0.25) is 0 Å². The highest BCUT2D eigenvalue weighted by molar-refractivity contribution is 5.98. The molecular formula is C16H13N5. The van der Waals surface area contributed by atoms with E-state index >= 15 is 0 Å². The zero-order valence-corrected chi connectivity index (χ0v) is 11.2. The summed E-state index contributed by atoms with van der Waals surface area (Å²) in [6.07, 6.45) is 3.86. The molecule has 0 aliphatic carbocycles. The average Bonchev–Trinajstić information content (AvgIpc) is 3.03. The van der Waals surface area contributed by atoms with Gasteiger partial charge in [0.2, 0.25) is 0 Å². The molecule has 0 unspecified atom stereocenters. The average molecular weight is 275 g/mol. The number of hydrogen-bond donors (Lipinski definition) is 2. The van der Waals surface area contributed by atoms with Gasteiger partial charge in [0, 0.05) is 0 Å². The Hall–Kier alpha value is -3.26. The van der Waals surface area contributed by atoms with E-state index in [1.54, 1.807) is 17.3 Å². The van der Waals surface area contributed by atoms with Crippen LogP contribution < -0.4 is 16.1 Å². The Bertz CT molecular complexity index is 728. The van der Waals surface area contributed by atoms with Crippen LogP contribution in [-0.4, -0.2) is 5.84 Å². The first kappa shape index (κ1) is 12.8. The summed E-state index contributed by atoms with van der Waals surface area (Å²) in [7, 11) is 0. The Morgan fingerprint density at radius 3 is 2.71 bits per heavy atom. The molecule has 0 atom stereocenters. The Labute approximate surface area is 122 Å². The minimum atomic E-state index is 0.601. The maximum absolute atomic E-state index is 8.92. The minimum Gasteiger partial charge on any atom is -0.260 e. The maximum Gasteiger partial charge on any atom is 0.168 e. The number of hydrazine groups is 2. The van der Waals surface area contributed by atoms with Crippen LogP contribution in [0.25, 0.3) is 6.08 Å². The smallest absolute Gasteiger partial charge is 0.168 e. The van der Waals surface area contributed by atoms with Crippen LogP contribution in [-0.2, 0) is 0 Å². The normalized spacial score (nSPS) is 13.5.